The first-order valence-corrected chi connectivity index (χ1v) is 9.89. The van der Waals surface area contributed by atoms with Gasteiger partial charge < -0.3 is 10.6 Å². The Morgan fingerprint density at radius 1 is 1.07 bits per heavy atom. The van der Waals surface area contributed by atoms with Gasteiger partial charge in [0.05, 0.1) is 15.2 Å². The van der Waals surface area contributed by atoms with Crippen LogP contribution in [0.2, 0.25) is 0 Å². The molecule has 0 saturated carbocycles. The third-order valence-corrected chi connectivity index (χ3v) is 5.38. The van der Waals surface area contributed by atoms with E-state index in [-0.39, 0.29) is 11.8 Å². The van der Waals surface area contributed by atoms with Crippen LogP contribution in [-0.2, 0) is 17.8 Å². The van der Waals surface area contributed by atoms with Crippen molar-refractivity contribution in [2.75, 3.05) is 7.05 Å². The summed E-state index contributed by atoms with van der Waals surface area (Å²) in [6.45, 7) is 0.432. The minimum atomic E-state index is -0.127. The van der Waals surface area contributed by atoms with Crippen molar-refractivity contribution in [2.45, 2.75) is 32.2 Å². The summed E-state index contributed by atoms with van der Waals surface area (Å²) in [5, 5.41) is 6.65. The predicted molar refractivity (Wildman–Crippen MR) is 109 cm³/mol. The molecule has 1 heterocycles. The van der Waals surface area contributed by atoms with Gasteiger partial charge in [-0.05, 0) is 49.1 Å². The van der Waals surface area contributed by atoms with Gasteiger partial charge in [-0.15, -0.1) is 11.3 Å². The number of aryl methyl sites for hydroxylation is 1. The number of nitrogens with zero attached hydrogens (tertiary/aromatic N) is 1. The number of rotatable bonds is 8. The molecule has 0 spiro atoms. The van der Waals surface area contributed by atoms with Gasteiger partial charge in [0.2, 0.25) is 5.91 Å². The van der Waals surface area contributed by atoms with Crippen molar-refractivity contribution in [1.82, 2.24) is 15.6 Å². The molecule has 1 aromatic heterocycles. The maximum atomic E-state index is 12.0. The third-order valence-electron chi connectivity index (χ3n) is 4.29. The summed E-state index contributed by atoms with van der Waals surface area (Å²) in [6.07, 6.45) is 3.18. The van der Waals surface area contributed by atoms with E-state index < -0.39 is 0 Å². The van der Waals surface area contributed by atoms with Crippen LogP contribution < -0.4 is 10.6 Å². The second-order valence-electron chi connectivity index (χ2n) is 6.34. The van der Waals surface area contributed by atoms with Crippen LogP contribution >= 0.6 is 11.3 Å². The fraction of sp³-hybridized carbons (Fsp3) is 0.286. The number of unbranched alkanes of at least 4 members (excludes halogenated alkanes) is 1. The van der Waals surface area contributed by atoms with Crippen LogP contribution in [0.1, 0.15) is 40.2 Å². The van der Waals surface area contributed by atoms with Crippen LogP contribution in [-0.4, -0.2) is 23.8 Å². The topological polar surface area (TPSA) is 71.1 Å². The maximum Gasteiger partial charge on any atom is 0.251 e. The molecule has 0 aliphatic heterocycles. The number of amides is 2. The van der Waals surface area contributed by atoms with E-state index in [1.165, 1.54) is 4.70 Å². The molecule has 0 radical (unpaired) electrons. The average Bonchev–Trinajstić information content (AvgIpc) is 3.12. The fourth-order valence-electron chi connectivity index (χ4n) is 2.84. The number of fused-ring (bicyclic) bond motifs is 1. The van der Waals surface area contributed by atoms with E-state index in [0.29, 0.717) is 18.5 Å². The van der Waals surface area contributed by atoms with E-state index in [9.17, 15) is 9.59 Å². The van der Waals surface area contributed by atoms with Crippen molar-refractivity contribution in [3.63, 3.8) is 0 Å². The number of carbonyl (C=O) groups is 2. The quantitative estimate of drug-likeness (QED) is 0.585. The summed E-state index contributed by atoms with van der Waals surface area (Å²) in [6, 6.07) is 15.4. The Bertz CT molecular complexity index is 903. The predicted octanol–water partition coefficient (Wildman–Crippen LogP) is 3.69. The Labute approximate surface area is 162 Å². The van der Waals surface area contributed by atoms with Gasteiger partial charge in [0.25, 0.3) is 5.91 Å². The van der Waals surface area contributed by atoms with Crippen LogP contribution in [0.3, 0.4) is 0 Å². The van der Waals surface area contributed by atoms with Crippen LogP contribution in [0, 0.1) is 0 Å². The van der Waals surface area contributed by atoms with E-state index in [1.54, 1.807) is 30.5 Å². The van der Waals surface area contributed by atoms with E-state index in [1.807, 2.05) is 30.3 Å². The minimum Gasteiger partial charge on any atom is -0.355 e. The third kappa shape index (κ3) is 5.37. The summed E-state index contributed by atoms with van der Waals surface area (Å²) < 4.78 is 1.21. The van der Waals surface area contributed by atoms with Crippen molar-refractivity contribution in [1.29, 1.82) is 0 Å². The lowest BCUT2D eigenvalue weighted by atomic mass is 10.1. The second-order valence-corrected chi connectivity index (χ2v) is 7.45. The molecule has 0 saturated heterocycles. The molecule has 5 nitrogen and oxygen atoms in total. The van der Waals surface area contributed by atoms with Crippen LogP contribution in [0.25, 0.3) is 10.2 Å². The molecule has 0 fully saturated rings. The highest BCUT2D eigenvalue weighted by Gasteiger charge is 2.07. The molecule has 0 aliphatic carbocycles. The van der Waals surface area contributed by atoms with E-state index >= 15 is 0 Å². The summed E-state index contributed by atoms with van der Waals surface area (Å²) in [5.41, 5.74) is 2.56. The van der Waals surface area contributed by atoms with Crippen LogP contribution in [0.15, 0.2) is 48.5 Å². The first-order valence-electron chi connectivity index (χ1n) is 9.08. The van der Waals surface area contributed by atoms with Crippen molar-refractivity contribution in [3.8, 4) is 0 Å². The van der Waals surface area contributed by atoms with Crippen molar-refractivity contribution in [3.05, 3.63) is 64.7 Å². The molecule has 0 unspecified atom stereocenters. The molecule has 3 aromatic rings. The molecule has 2 aromatic carbocycles. The van der Waals surface area contributed by atoms with E-state index in [2.05, 4.69) is 21.7 Å². The summed E-state index contributed by atoms with van der Waals surface area (Å²) in [4.78, 5) is 28.3. The Morgan fingerprint density at radius 3 is 2.74 bits per heavy atom. The molecule has 0 bridgehead atoms. The monoisotopic (exact) mass is 381 g/mol. The molecular formula is C21H23N3O2S. The van der Waals surface area contributed by atoms with Gasteiger partial charge >= 0.3 is 0 Å². The SMILES string of the molecule is CNC(=O)c1cccc(CNC(=O)CCCCc2nc3ccccc3s2)c1. The first kappa shape index (κ1) is 19.0. The number of nitrogens with one attached hydrogen (secondary N) is 2. The normalized spacial score (nSPS) is 10.7. The van der Waals surface area contributed by atoms with Crippen LogP contribution in [0.5, 0.6) is 0 Å². The summed E-state index contributed by atoms with van der Waals surface area (Å²) >= 11 is 1.72. The maximum absolute atomic E-state index is 12.0. The van der Waals surface area contributed by atoms with Crippen molar-refractivity contribution < 1.29 is 9.59 Å². The van der Waals surface area contributed by atoms with Crippen molar-refractivity contribution >= 4 is 33.4 Å². The highest BCUT2D eigenvalue weighted by molar-refractivity contribution is 7.18. The van der Waals surface area contributed by atoms with Gasteiger partial charge in [-0.3, -0.25) is 9.59 Å². The number of hydrogen-bond acceptors (Lipinski definition) is 4. The molecular weight excluding hydrogens is 358 g/mol. The Hall–Kier alpha value is -2.73. The van der Waals surface area contributed by atoms with Gasteiger partial charge in [-0.25, -0.2) is 4.98 Å². The number of para-hydroxylation sites is 1. The molecule has 0 aliphatic rings. The highest BCUT2D eigenvalue weighted by Crippen LogP contribution is 2.22. The summed E-state index contributed by atoms with van der Waals surface area (Å²) in [5.74, 6) is -0.0947. The lowest BCUT2D eigenvalue weighted by molar-refractivity contribution is -0.121. The highest BCUT2D eigenvalue weighted by atomic mass is 32.1. The Kier molecular flexibility index (Phi) is 6.54. The van der Waals surface area contributed by atoms with Crippen molar-refractivity contribution in [2.24, 2.45) is 0 Å². The van der Waals surface area contributed by atoms with Gasteiger partial charge in [0.1, 0.15) is 0 Å². The number of benzene rings is 2. The molecule has 2 amide bonds. The smallest absolute Gasteiger partial charge is 0.251 e. The van der Waals surface area contributed by atoms with Gasteiger partial charge in [-0.1, -0.05) is 24.3 Å². The number of carbonyl (C=O) groups excluding carboxylic acids is 2. The lowest BCUT2D eigenvalue weighted by Gasteiger charge is -2.07. The molecule has 6 heteroatoms. The number of thiazole rings is 1. The standard InChI is InChI=1S/C21H23N3O2S/c1-22-21(26)16-8-6-7-15(13-16)14-23-19(25)11-4-5-12-20-24-17-9-2-3-10-18(17)27-20/h2-3,6-10,13H,4-5,11-12,14H2,1H3,(H,22,26)(H,23,25). The minimum absolute atomic E-state index is 0.0321. The molecule has 27 heavy (non-hydrogen) atoms. The van der Waals surface area contributed by atoms with Gasteiger partial charge in [0, 0.05) is 25.6 Å². The largest absolute Gasteiger partial charge is 0.355 e. The summed E-state index contributed by atoms with van der Waals surface area (Å²) in [7, 11) is 1.60. The number of hydrogen-bond donors (Lipinski definition) is 2. The van der Waals surface area contributed by atoms with E-state index in [0.717, 1.165) is 35.4 Å². The zero-order chi connectivity index (χ0) is 19.1. The zero-order valence-corrected chi connectivity index (χ0v) is 16.1. The van der Waals surface area contributed by atoms with Gasteiger partial charge in [-0.2, -0.15) is 0 Å². The molecule has 3 rings (SSSR count). The zero-order valence-electron chi connectivity index (χ0n) is 15.3. The first-order chi connectivity index (χ1) is 13.2. The average molecular weight is 382 g/mol. The Balaban J connectivity index is 1.39. The Morgan fingerprint density at radius 2 is 1.93 bits per heavy atom. The molecule has 2 N–H and O–H groups in total. The fourth-order valence-corrected chi connectivity index (χ4v) is 3.85. The molecule has 0 atom stereocenters. The molecule has 140 valence electrons. The lowest BCUT2D eigenvalue weighted by Crippen LogP contribution is -2.23. The second kappa shape index (κ2) is 9.28. The number of aromatic nitrogens is 1. The van der Waals surface area contributed by atoms with Crippen LogP contribution in [0.4, 0.5) is 0 Å². The van der Waals surface area contributed by atoms with Gasteiger partial charge in [0.15, 0.2) is 0 Å². The van der Waals surface area contributed by atoms with E-state index in [4.69, 9.17) is 0 Å².